The first-order valence-corrected chi connectivity index (χ1v) is 8.96. The minimum absolute atomic E-state index is 0.208. The van der Waals surface area contributed by atoms with Gasteiger partial charge >= 0.3 is 5.97 Å². The van der Waals surface area contributed by atoms with Gasteiger partial charge in [-0.2, -0.15) is 10.4 Å². The highest BCUT2D eigenvalue weighted by molar-refractivity contribution is 9.10. The SMILES string of the molecule is CCCc1c(C(=O)O)c(-c2ccc(C#N)cc2)nn1-c1ccc(Br)cc1. The Balaban J connectivity index is 2.23. The van der Waals surface area contributed by atoms with Crippen LogP contribution < -0.4 is 0 Å². The molecule has 1 aromatic heterocycles. The number of carboxylic acid groups (broad SMARTS) is 1. The van der Waals surface area contributed by atoms with Gasteiger partial charge in [0.05, 0.1) is 23.0 Å². The van der Waals surface area contributed by atoms with Gasteiger partial charge in [0.15, 0.2) is 0 Å². The van der Waals surface area contributed by atoms with Gasteiger partial charge in [-0.15, -0.1) is 0 Å². The average molecular weight is 410 g/mol. The minimum atomic E-state index is -1.00. The molecular formula is C20H16BrN3O2. The second kappa shape index (κ2) is 7.54. The number of halogens is 1. The van der Waals surface area contributed by atoms with Crippen molar-refractivity contribution in [2.45, 2.75) is 19.8 Å². The summed E-state index contributed by atoms with van der Waals surface area (Å²) in [5.41, 5.74) is 3.29. The zero-order chi connectivity index (χ0) is 18.7. The summed E-state index contributed by atoms with van der Waals surface area (Å²) in [6.07, 6.45) is 1.40. The molecule has 1 N–H and O–H groups in total. The molecule has 6 heteroatoms. The van der Waals surface area contributed by atoms with Crippen molar-refractivity contribution in [2.24, 2.45) is 0 Å². The van der Waals surface area contributed by atoms with Crippen LogP contribution in [0.4, 0.5) is 0 Å². The van der Waals surface area contributed by atoms with E-state index in [4.69, 9.17) is 5.26 Å². The summed E-state index contributed by atoms with van der Waals surface area (Å²) in [7, 11) is 0. The molecule has 0 spiro atoms. The fourth-order valence-corrected chi connectivity index (χ4v) is 3.11. The summed E-state index contributed by atoms with van der Waals surface area (Å²) in [4.78, 5) is 12.0. The third-order valence-corrected chi connectivity index (χ3v) is 4.57. The van der Waals surface area contributed by atoms with Gasteiger partial charge in [-0.3, -0.25) is 0 Å². The third-order valence-electron chi connectivity index (χ3n) is 4.04. The molecule has 1 heterocycles. The molecule has 0 bridgehead atoms. The summed E-state index contributed by atoms with van der Waals surface area (Å²) in [6, 6.07) is 16.4. The van der Waals surface area contributed by atoms with E-state index < -0.39 is 5.97 Å². The van der Waals surface area contributed by atoms with E-state index in [-0.39, 0.29) is 5.56 Å². The predicted molar refractivity (Wildman–Crippen MR) is 102 cm³/mol. The number of carboxylic acids is 1. The Kier molecular flexibility index (Phi) is 5.19. The van der Waals surface area contributed by atoms with E-state index in [9.17, 15) is 9.90 Å². The van der Waals surface area contributed by atoms with E-state index >= 15 is 0 Å². The number of nitrogens with zero attached hydrogens (tertiary/aromatic N) is 3. The van der Waals surface area contributed by atoms with Crippen LogP contribution in [-0.4, -0.2) is 20.9 Å². The van der Waals surface area contributed by atoms with Crippen LogP contribution in [0, 0.1) is 11.3 Å². The monoisotopic (exact) mass is 409 g/mol. The first-order valence-electron chi connectivity index (χ1n) is 8.16. The fourth-order valence-electron chi connectivity index (χ4n) is 2.85. The molecule has 0 aliphatic heterocycles. The Morgan fingerprint density at radius 2 is 1.85 bits per heavy atom. The number of hydrogen-bond donors (Lipinski definition) is 1. The van der Waals surface area contributed by atoms with Crippen molar-refractivity contribution in [3.63, 3.8) is 0 Å². The zero-order valence-electron chi connectivity index (χ0n) is 14.1. The first kappa shape index (κ1) is 17.9. The molecule has 0 saturated carbocycles. The van der Waals surface area contributed by atoms with E-state index in [0.717, 1.165) is 16.6 Å². The van der Waals surface area contributed by atoms with Crippen molar-refractivity contribution in [3.05, 3.63) is 69.8 Å². The van der Waals surface area contributed by atoms with Crippen LogP contribution >= 0.6 is 15.9 Å². The topological polar surface area (TPSA) is 78.9 Å². The van der Waals surface area contributed by atoms with Crippen molar-refractivity contribution in [2.75, 3.05) is 0 Å². The maximum absolute atomic E-state index is 12.0. The number of aromatic nitrogens is 2. The standard InChI is InChI=1S/C20H16BrN3O2/c1-2-3-17-18(20(25)26)19(14-6-4-13(12-22)5-7-14)23-24(17)16-10-8-15(21)9-11-16/h4-11H,2-3H2,1H3,(H,25,26). The Labute approximate surface area is 159 Å². The van der Waals surface area contributed by atoms with Crippen LogP contribution in [0.15, 0.2) is 53.0 Å². The fraction of sp³-hybridized carbons (Fsp3) is 0.150. The van der Waals surface area contributed by atoms with Gasteiger partial charge in [0.25, 0.3) is 0 Å². The van der Waals surface area contributed by atoms with Crippen molar-refractivity contribution in [1.82, 2.24) is 9.78 Å². The Morgan fingerprint density at radius 1 is 1.19 bits per heavy atom. The molecule has 130 valence electrons. The lowest BCUT2D eigenvalue weighted by molar-refractivity contribution is 0.0696. The highest BCUT2D eigenvalue weighted by Gasteiger charge is 2.24. The highest BCUT2D eigenvalue weighted by Crippen LogP contribution is 2.29. The molecule has 5 nitrogen and oxygen atoms in total. The second-order valence-electron chi connectivity index (χ2n) is 5.80. The quantitative estimate of drug-likeness (QED) is 0.654. The van der Waals surface area contributed by atoms with Crippen LogP contribution in [0.1, 0.15) is 35.0 Å². The Morgan fingerprint density at radius 3 is 2.38 bits per heavy atom. The van der Waals surface area contributed by atoms with Gasteiger partial charge in [0, 0.05) is 10.0 Å². The van der Waals surface area contributed by atoms with E-state index in [1.54, 1.807) is 28.9 Å². The van der Waals surface area contributed by atoms with Crippen molar-refractivity contribution in [3.8, 4) is 23.0 Å². The van der Waals surface area contributed by atoms with Gasteiger partial charge in [-0.25, -0.2) is 9.48 Å². The predicted octanol–water partition coefficient (Wildman–Crippen LogP) is 4.82. The number of hydrogen-bond acceptors (Lipinski definition) is 3. The Bertz CT molecular complexity index is 984. The van der Waals surface area contributed by atoms with Crippen LogP contribution in [0.25, 0.3) is 16.9 Å². The number of rotatable bonds is 5. The molecule has 0 saturated heterocycles. The molecule has 0 atom stereocenters. The summed E-state index contributed by atoms with van der Waals surface area (Å²) in [5.74, 6) is -1.00. The lowest BCUT2D eigenvalue weighted by Crippen LogP contribution is -2.06. The maximum atomic E-state index is 12.0. The van der Waals surface area contributed by atoms with E-state index in [2.05, 4.69) is 27.1 Å². The zero-order valence-corrected chi connectivity index (χ0v) is 15.7. The Hall–Kier alpha value is -2.91. The van der Waals surface area contributed by atoms with Gasteiger partial charge in [0.2, 0.25) is 0 Å². The summed E-state index contributed by atoms with van der Waals surface area (Å²) < 4.78 is 2.64. The van der Waals surface area contributed by atoms with Gasteiger partial charge in [-0.1, -0.05) is 41.4 Å². The van der Waals surface area contributed by atoms with Crippen LogP contribution in [-0.2, 0) is 6.42 Å². The molecule has 26 heavy (non-hydrogen) atoms. The minimum Gasteiger partial charge on any atom is -0.478 e. The first-order chi connectivity index (χ1) is 12.5. The van der Waals surface area contributed by atoms with Crippen molar-refractivity contribution < 1.29 is 9.90 Å². The van der Waals surface area contributed by atoms with Gasteiger partial charge in [-0.05, 0) is 42.8 Å². The average Bonchev–Trinajstić information content (AvgIpc) is 3.02. The largest absolute Gasteiger partial charge is 0.478 e. The molecule has 0 aliphatic rings. The smallest absolute Gasteiger partial charge is 0.339 e. The van der Waals surface area contributed by atoms with Gasteiger partial charge < -0.3 is 5.11 Å². The van der Waals surface area contributed by atoms with E-state index in [1.807, 2.05) is 31.2 Å². The number of carbonyl (C=O) groups is 1. The molecule has 0 radical (unpaired) electrons. The normalized spacial score (nSPS) is 10.5. The van der Waals surface area contributed by atoms with Crippen molar-refractivity contribution in [1.29, 1.82) is 5.26 Å². The molecule has 0 fully saturated rings. The number of nitriles is 1. The lowest BCUT2D eigenvalue weighted by Gasteiger charge is -2.07. The summed E-state index contributed by atoms with van der Waals surface area (Å²) in [5, 5.41) is 23.4. The molecule has 0 unspecified atom stereocenters. The summed E-state index contributed by atoms with van der Waals surface area (Å²) >= 11 is 3.41. The number of aromatic carboxylic acids is 1. The highest BCUT2D eigenvalue weighted by atomic mass is 79.9. The molecule has 0 aliphatic carbocycles. The van der Waals surface area contributed by atoms with Crippen LogP contribution in [0.5, 0.6) is 0 Å². The van der Waals surface area contributed by atoms with Crippen LogP contribution in [0.2, 0.25) is 0 Å². The summed E-state index contributed by atoms with van der Waals surface area (Å²) in [6.45, 7) is 2.01. The molecule has 2 aromatic carbocycles. The third kappa shape index (κ3) is 3.39. The van der Waals surface area contributed by atoms with Crippen LogP contribution in [0.3, 0.4) is 0 Å². The maximum Gasteiger partial charge on any atom is 0.339 e. The van der Waals surface area contributed by atoms with Gasteiger partial charge in [0.1, 0.15) is 11.3 Å². The van der Waals surface area contributed by atoms with Crippen molar-refractivity contribution >= 4 is 21.9 Å². The molecule has 0 amide bonds. The second-order valence-corrected chi connectivity index (χ2v) is 6.72. The number of benzene rings is 2. The molecular weight excluding hydrogens is 394 g/mol. The molecule has 3 rings (SSSR count). The lowest BCUT2D eigenvalue weighted by atomic mass is 10.0. The van der Waals surface area contributed by atoms with E-state index in [0.29, 0.717) is 28.9 Å². The molecule has 3 aromatic rings. The van der Waals surface area contributed by atoms with E-state index in [1.165, 1.54) is 0 Å².